The molecule has 0 saturated carbocycles. The van der Waals surface area contributed by atoms with E-state index in [1.54, 1.807) is 18.5 Å². The van der Waals surface area contributed by atoms with Crippen molar-refractivity contribution in [3.05, 3.63) is 59.9 Å². The van der Waals surface area contributed by atoms with Crippen molar-refractivity contribution in [1.82, 2.24) is 9.88 Å². The fourth-order valence-corrected chi connectivity index (χ4v) is 4.11. The van der Waals surface area contributed by atoms with Crippen LogP contribution in [0.4, 0.5) is 0 Å². The van der Waals surface area contributed by atoms with Gasteiger partial charge in [-0.2, -0.15) is 0 Å². The van der Waals surface area contributed by atoms with Crippen LogP contribution in [-0.2, 0) is 4.74 Å². The molecule has 5 heteroatoms. The van der Waals surface area contributed by atoms with Gasteiger partial charge in [-0.05, 0) is 24.5 Å². The molecule has 2 aromatic rings. The molecule has 2 aliphatic heterocycles. The lowest BCUT2D eigenvalue weighted by Gasteiger charge is -2.48. The van der Waals surface area contributed by atoms with Crippen LogP contribution in [0.2, 0.25) is 0 Å². The van der Waals surface area contributed by atoms with Crippen molar-refractivity contribution in [3.8, 4) is 0 Å². The number of nitrogens with one attached hydrogen (secondary N) is 1. The smallest absolute Gasteiger partial charge is 0.255 e. The lowest BCUT2D eigenvalue weighted by Crippen LogP contribution is -2.52. The highest BCUT2D eigenvalue weighted by atomic mass is 16.5. The van der Waals surface area contributed by atoms with Crippen molar-refractivity contribution in [3.63, 3.8) is 0 Å². The third kappa shape index (κ3) is 3.34. The molecule has 1 spiro atoms. The molecule has 1 aromatic carbocycles. The molecule has 0 aliphatic carbocycles. The Bertz CT molecular complexity index is 706. The minimum atomic E-state index is -0.356. The Morgan fingerprint density at radius 3 is 2.64 bits per heavy atom. The number of H-pyrrole nitrogens is 1. The molecule has 132 valence electrons. The number of amides is 1. The van der Waals surface area contributed by atoms with E-state index in [1.165, 1.54) is 0 Å². The average molecular weight is 340 g/mol. The number of piperidine rings is 1. The first-order chi connectivity index (χ1) is 12.2. The lowest BCUT2D eigenvalue weighted by atomic mass is 9.81. The van der Waals surface area contributed by atoms with Crippen LogP contribution in [0, 0.1) is 0 Å². The Morgan fingerprint density at radius 2 is 1.96 bits per heavy atom. The zero-order chi connectivity index (χ0) is 17.3. The maximum atomic E-state index is 12.5. The molecule has 4 rings (SSSR count). The van der Waals surface area contributed by atoms with Gasteiger partial charge < -0.3 is 19.7 Å². The van der Waals surface area contributed by atoms with E-state index in [0.29, 0.717) is 31.5 Å². The highest BCUT2D eigenvalue weighted by molar-refractivity contribution is 5.94. The summed E-state index contributed by atoms with van der Waals surface area (Å²) in [5.74, 6) is 0.0621. The Morgan fingerprint density at radius 1 is 1.20 bits per heavy atom. The summed E-state index contributed by atoms with van der Waals surface area (Å²) in [4.78, 5) is 17.3. The van der Waals surface area contributed by atoms with Crippen LogP contribution in [0.1, 0.15) is 47.7 Å². The Kier molecular flexibility index (Phi) is 4.36. The quantitative estimate of drug-likeness (QED) is 0.883. The number of carbonyl (C=O) groups excluding carboxylic acids is 1. The maximum absolute atomic E-state index is 12.5. The van der Waals surface area contributed by atoms with Crippen LogP contribution in [0.5, 0.6) is 0 Å². The van der Waals surface area contributed by atoms with E-state index < -0.39 is 0 Å². The van der Waals surface area contributed by atoms with Gasteiger partial charge in [-0.1, -0.05) is 30.3 Å². The minimum absolute atomic E-state index is 0.0621. The Labute approximate surface area is 147 Å². The van der Waals surface area contributed by atoms with Crippen LogP contribution in [-0.4, -0.2) is 45.7 Å². The maximum Gasteiger partial charge on any atom is 0.255 e. The van der Waals surface area contributed by atoms with Gasteiger partial charge in [0.1, 0.15) is 0 Å². The number of aromatic amines is 1. The summed E-state index contributed by atoms with van der Waals surface area (Å²) in [5.41, 5.74) is 1.49. The molecular weight excluding hydrogens is 316 g/mol. The summed E-state index contributed by atoms with van der Waals surface area (Å²) in [6, 6.07) is 11.9. The summed E-state index contributed by atoms with van der Waals surface area (Å²) >= 11 is 0. The van der Waals surface area contributed by atoms with E-state index in [1.807, 2.05) is 23.1 Å². The monoisotopic (exact) mass is 340 g/mol. The Hall–Kier alpha value is -2.11. The molecule has 0 radical (unpaired) electrons. The van der Waals surface area contributed by atoms with Crippen molar-refractivity contribution in [1.29, 1.82) is 0 Å². The first kappa shape index (κ1) is 16.4. The summed E-state index contributed by atoms with van der Waals surface area (Å²) in [5, 5.41) is 10.4. The van der Waals surface area contributed by atoms with E-state index in [2.05, 4.69) is 17.1 Å². The standard InChI is InChI=1S/C20H24N2O3/c23-17-12-18(15-4-2-1-3-5-15)25-20(13-17)7-10-22(11-8-20)19(24)16-6-9-21-14-16/h1-6,9,14,17-18,21,23H,7-8,10-13H2/t17-,18+/m0/s1. The summed E-state index contributed by atoms with van der Waals surface area (Å²) in [6.07, 6.45) is 5.90. The number of benzene rings is 1. The van der Waals surface area contributed by atoms with Gasteiger partial charge in [0, 0.05) is 38.3 Å². The summed E-state index contributed by atoms with van der Waals surface area (Å²) < 4.78 is 6.49. The number of aliphatic hydroxyl groups is 1. The molecule has 0 bridgehead atoms. The summed E-state index contributed by atoms with van der Waals surface area (Å²) in [7, 11) is 0. The number of aromatic nitrogens is 1. The molecule has 3 heterocycles. The number of aliphatic hydroxyl groups excluding tert-OH is 1. The predicted octanol–water partition coefficient (Wildman–Crippen LogP) is 2.90. The second-order valence-electron chi connectivity index (χ2n) is 7.19. The third-order valence-electron chi connectivity index (χ3n) is 5.46. The van der Waals surface area contributed by atoms with Crippen molar-refractivity contribution in [2.75, 3.05) is 13.1 Å². The summed E-state index contributed by atoms with van der Waals surface area (Å²) in [6.45, 7) is 1.33. The normalized spacial score (nSPS) is 25.9. The van der Waals surface area contributed by atoms with E-state index in [4.69, 9.17) is 4.74 Å². The SMILES string of the molecule is O=C(c1cc[nH]c1)N1CCC2(CC1)C[C@@H](O)C[C@H](c1ccccc1)O2. The fourth-order valence-electron chi connectivity index (χ4n) is 4.11. The molecule has 5 nitrogen and oxygen atoms in total. The molecule has 2 atom stereocenters. The highest BCUT2D eigenvalue weighted by Crippen LogP contribution is 2.43. The fraction of sp³-hybridized carbons (Fsp3) is 0.450. The van der Waals surface area contributed by atoms with Gasteiger partial charge in [0.2, 0.25) is 0 Å². The van der Waals surface area contributed by atoms with Gasteiger partial charge in [-0.3, -0.25) is 4.79 Å². The Balaban J connectivity index is 1.45. The van der Waals surface area contributed by atoms with E-state index in [9.17, 15) is 9.90 Å². The number of hydrogen-bond acceptors (Lipinski definition) is 3. The molecular formula is C20H24N2O3. The van der Waals surface area contributed by atoms with Gasteiger partial charge >= 0.3 is 0 Å². The lowest BCUT2D eigenvalue weighted by molar-refractivity contribution is -0.181. The molecule has 2 aliphatic rings. The van der Waals surface area contributed by atoms with Gasteiger partial charge in [-0.15, -0.1) is 0 Å². The van der Waals surface area contributed by atoms with Crippen molar-refractivity contribution in [2.45, 2.75) is 43.5 Å². The molecule has 0 unspecified atom stereocenters. The first-order valence-electron chi connectivity index (χ1n) is 8.98. The van der Waals surface area contributed by atoms with E-state index in [0.717, 1.165) is 18.4 Å². The molecule has 25 heavy (non-hydrogen) atoms. The van der Waals surface area contributed by atoms with Gasteiger partial charge in [0.25, 0.3) is 5.91 Å². The van der Waals surface area contributed by atoms with Gasteiger partial charge in [-0.25, -0.2) is 0 Å². The molecule has 2 saturated heterocycles. The number of likely N-dealkylation sites (tertiary alicyclic amines) is 1. The number of carbonyl (C=O) groups is 1. The second-order valence-corrected chi connectivity index (χ2v) is 7.19. The second kappa shape index (κ2) is 6.65. The van der Waals surface area contributed by atoms with Crippen molar-refractivity contribution < 1.29 is 14.6 Å². The van der Waals surface area contributed by atoms with Gasteiger partial charge in [0.15, 0.2) is 0 Å². The van der Waals surface area contributed by atoms with E-state index >= 15 is 0 Å². The predicted molar refractivity (Wildman–Crippen MR) is 94.2 cm³/mol. The van der Waals surface area contributed by atoms with E-state index in [-0.39, 0.29) is 23.7 Å². The zero-order valence-corrected chi connectivity index (χ0v) is 14.2. The van der Waals surface area contributed by atoms with Crippen molar-refractivity contribution >= 4 is 5.91 Å². The molecule has 2 N–H and O–H groups in total. The van der Waals surface area contributed by atoms with Crippen LogP contribution < -0.4 is 0 Å². The first-order valence-corrected chi connectivity index (χ1v) is 8.98. The molecule has 2 fully saturated rings. The van der Waals surface area contributed by atoms with Crippen LogP contribution in [0.3, 0.4) is 0 Å². The number of nitrogens with zero attached hydrogens (tertiary/aromatic N) is 1. The number of hydrogen-bond donors (Lipinski definition) is 2. The van der Waals surface area contributed by atoms with Crippen LogP contribution >= 0.6 is 0 Å². The minimum Gasteiger partial charge on any atom is -0.393 e. The highest BCUT2D eigenvalue weighted by Gasteiger charge is 2.44. The van der Waals surface area contributed by atoms with Crippen molar-refractivity contribution in [2.24, 2.45) is 0 Å². The number of ether oxygens (including phenoxy) is 1. The average Bonchev–Trinajstić information content (AvgIpc) is 3.17. The van der Waals surface area contributed by atoms with Crippen LogP contribution in [0.15, 0.2) is 48.8 Å². The zero-order valence-electron chi connectivity index (χ0n) is 14.2. The van der Waals surface area contributed by atoms with Gasteiger partial charge in [0.05, 0.1) is 23.4 Å². The topological polar surface area (TPSA) is 65.6 Å². The number of rotatable bonds is 2. The molecule has 1 aromatic heterocycles. The molecule has 1 amide bonds. The third-order valence-corrected chi connectivity index (χ3v) is 5.46. The largest absolute Gasteiger partial charge is 0.393 e. The van der Waals surface area contributed by atoms with Crippen LogP contribution in [0.25, 0.3) is 0 Å².